The number of benzene rings is 1. The summed E-state index contributed by atoms with van der Waals surface area (Å²) in [6.07, 6.45) is 3.83. The van der Waals surface area contributed by atoms with Gasteiger partial charge in [-0.2, -0.15) is 0 Å². The summed E-state index contributed by atoms with van der Waals surface area (Å²) < 4.78 is 11.0. The highest BCUT2D eigenvalue weighted by molar-refractivity contribution is 7.13. The number of hydrogen-bond donors (Lipinski definition) is 1. The molecule has 2 aromatic rings. The molecule has 0 spiro atoms. The molecule has 0 radical (unpaired) electrons. The fourth-order valence-electron chi connectivity index (χ4n) is 3.89. The van der Waals surface area contributed by atoms with Gasteiger partial charge in [-0.1, -0.05) is 24.6 Å². The molecule has 0 aliphatic carbocycles. The van der Waals surface area contributed by atoms with Crippen molar-refractivity contribution >= 4 is 40.3 Å². The zero-order chi connectivity index (χ0) is 23.4. The first kappa shape index (κ1) is 24.0. The Morgan fingerprint density at radius 1 is 1.30 bits per heavy atom. The summed E-state index contributed by atoms with van der Waals surface area (Å²) >= 11 is 8.23. The van der Waals surface area contributed by atoms with Crippen LogP contribution in [0, 0.1) is 0 Å². The van der Waals surface area contributed by atoms with Gasteiger partial charge in [0, 0.05) is 42.2 Å². The smallest absolute Gasteiger partial charge is 0.253 e. The van der Waals surface area contributed by atoms with E-state index in [0.717, 1.165) is 28.0 Å². The van der Waals surface area contributed by atoms with E-state index in [-0.39, 0.29) is 18.1 Å². The lowest BCUT2D eigenvalue weighted by Gasteiger charge is -2.29. The molecule has 1 aromatic heterocycles. The second-order valence-electron chi connectivity index (χ2n) is 8.28. The summed E-state index contributed by atoms with van der Waals surface area (Å²) in [6, 6.07) is 7.62. The van der Waals surface area contributed by atoms with Gasteiger partial charge in [0.2, 0.25) is 5.90 Å². The third-order valence-electron chi connectivity index (χ3n) is 6.00. The largest absolute Gasteiger partial charge is 0.470 e. The highest BCUT2D eigenvalue weighted by Gasteiger charge is 2.23. The van der Waals surface area contributed by atoms with Crippen molar-refractivity contribution in [3.63, 3.8) is 0 Å². The van der Waals surface area contributed by atoms with Crippen molar-refractivity contribution in [3.05, 3.63) is 51.9 Å². The van der Waals surface area contributed by atoms with Crippen LogP contribution in [0.25, 0.3) is 16.0 Å². The van der Waals surface area contributed by atoms with Crippen molar-refractivity contribution in [1.29, 1.82) is 0 Å². The molecule has 1 aromatic carbocycles. The van der Waals surface area contributed by atoms with Crippen LogP contribution in [0.2, 0.25) is 5.02 Å². The number of thiophene rings is 1. The second kappa shape index (κ2) is 10.8. The lowest BCUT2D eigenvalue weighted by Crippen LogP contribution is -2.40. The molecule has 2 aliphatic heterocycles. The fourth-order valence-corrected chi connectivity index (χ4v) is 5.20. The van der Waals surface area contributed by atoms with Crippen LogP contribution in [-0.4, -0.2) is 67.4 Å². The van der Waals surface area contributed by atoms with E-state index in [4.69, 9.17) is 21.1 Å². The van der Waals surface area contributed by atoms with Crippen molar-refractivity contribution in [3.8, 4) is 10.4 Å². The van der Waals surface area contributed by atoms with Crippen molar-refractivity contribution in [2.24, 2.45) is 4.99 Å². The molecule has 0 saturated carbocycles. The van der Waals surface area contributed by atoms with Crippen LogP contribution in [0.5, 0.6) is 0 Å². The van der Waals surface area contributed by atoms with Gasteiger partial charge in [-0.3, -0.25) is 9.79 Å². The number of halogens is 1. The standard InChI is InChI=1S/C25H29ClN2O4S/c1-3-16(12-24(27-2)32-20-13-31-14-20)18-11-23(33-15-18)21-5-4-17(10-22(21)26)25(30)28-8-6-19(29)7-9-28/h4-5,10-12,15,19-20,29H,3,6-9,13-14H2,1-2H3/b16-12+,27-24?. The maximum atomic E-state index is 12.8. The number of carbonyl (C=O) groups is 1. The number of rotatable bonds is 6. The molecule has 6 nitrogen and oxygen atoms in total. The number of piperidine rings is 1. The lowest BCUT2D eigenvalue weighted by molar-refractivity contribution is -0.0853. The molecule has 8 heteroatoms. The van der Waals surface area contributed by atoms with E-state index in [1.54, 1.807) is 29.4 Å². The molecule has 1 amide bonds. The Kier molecular flexibility index (Phi) is 7.86. The van der Waals surface area contributed by atoms with Crippen LogP contribution in [0.1, 0.15) is 42.1 Å². The third-order valence-corrected chi connectivity index (χ3v) is 7.27. The van der Waals surface area contributed by atoms with E-state index >= 15 is 0 Å². The van der Waals surface area contributed by atoms with Gasteiger partial charge in [0.05, 0.1) is 24.3 Å². The summed E-state index contributed by atoms with van der Waals surface area (Å²) in [5, 5.41) is 12.3. The number of aliphatic imine (C=N–C) groups is 1. The Bertz CT molecular complexity index is 1050. The van der Waals surface area contributed by atoms with Crippen LogP contribution in [0.4, 0.5) is 0 Å². The quantitative estimate of drug-likeness (QED) is 0.463. The first-order chi connectivity index (χ1) is 16.0. The minimum atomic E-state index is -0.312. The third kappa shape index (κ3) is 5.66. The number of aliphatic hydroxyl groups excluding tert-OH is 1. The van der Waals surface area contributed by atoms with E-state index in [0.29, 0.717) is 55.6 Å². The van der Waals surface area contributed by atoms with Crippen LogP contribution in [0.3, 0.4) is 0 Å². The molecule has 176 valence electrons. The summed E-state index contributed by atoms with van der Waals surface area (Å²) in [5.41, 5.74) is 3.72. The Labute approximate surface area is 203 Å². The number of hydrogen-bond acceptors (Lipinski definition) is 6. The topological polar surface area (TPSA) is 71.4 Å². The zero-order valence-corrected chi connectivity index (χ0v) is 20.5. The maximum Gasteiger partial charge on any atom is 0.253 e. The number of allylic oxidation sites excluding steroid dienone is 1. The molecule has 2 fully saturated rings. The summed E-state index contributed by atoms with van der Waals surface area (Å²) in [6.45, 7) is 4.46. The normalized spacial score (nSPS) is 18.4. The molecule has 1 N–H and O–H groups in total. The molecular weight excluding hydrogens is 460 g/mol. The van der Waals surface area contributed by atoms with Gasteiger partial charge in [-0.05, 0) is 54.0 Å². The zero-order valence-electron chi connectivity index (χ0n) is 18.9. The van der Waals surface area contributed by atoms with E-state index in [1.807, 2.05) is 18.2 Å². The van der Waals surface area contributed by atoms with Crippen LogP contribution in [-0.2, 0) is 9.47 Å². The first-order valence-electron chi connectivity index (χ1n) is 11.3. The van der Waals surface area contributed by atoms with Gasteiger partial charge < -0.3 is 19.5 Å². The number of ether oxygens (including phenoxy) is 2. The Balaban J connectivity index is 1.50. The van der Waals surface area contributed by atoms with Crippen molar-refractivity contribution in [2.75, 3.05) is 33.4 Å². The first-order valence-corrected chi connectivity index (χ1v) is 12.5. The fraction of sp³-hybridized carbons (Fsp3) is 0.440. The van der Waals surface area contributed by atoms with Gasteiger partial charge in [-0.25, -0.2) is 0 Å². The molecule has 4 rings (SSSR count). The van der Waals surface area contributed by atoms with E-state index < -0.39 is 0 Å². The molecule has 0 atom stereocenters. The molecular formula is C25H29ClN2O4S. The Morgan fingerprint density at radius 3 is 2.67 bits per heavy atom. The molecule has 0 unspecified atom stereocenters. The number of aliphatic hydroxyl groups is 1. The summed E-state index contributed by atoms with van der Waals surface area (Å²) in [5.74, 6) is 0.570. The average Bonchev–Trinajstić information content (AvgIpc) is 3.28. The molecule has 3 heterocycles. The van der Waals surface area contributed by atoms with E-state index in [1.165, 1.54) is 0 Å². The van der Waals surface area contributed by atoms with Gasteiger partial charge in [0.1, 0.15) is 6.10 Å². The SMILES string of the molecule is CC/C(=C\C(=NC)OC1COC1)c1csc(-c2ccc(C(=O)N3CCC(O)CC3)cc2Cl)c1. The van der Waals surface area contributed by atoms with Crippen LogP contribution < -0.4 is 0 Å². The molecule has 2 saturated heterocycles. The number of nitrogens with zero attached hydrogens (tertiary/aromatic N) is 2. The molecule has 2 aliphatic rings. The highest BCUT2D eigenvalue weighted by atomic mass is 35.5. The second-order valence-corrected chi connectivity index (χ2v) is 9.60. The van der Waals surface area contributed by atoms with Gasteiger partial charge in [-0.15, -0.1) is 11.3 Å². The van der Waals surface area contributed by atoms with Gasteiger partial charge >= 0.3 is 0 Å². The maximum absolute atomic E-state index is 12.8. The van der Waals surface area contributed by atoms with Crippen LogP contribution >= 0.6 is 22.9 Å². The monoisotopic (exact) mass is 488 g/mol. The Hall–Kier alpha value is -2.19. The summed E-state index contributed by atoms with van der Waals surface area (Å²) in [7, 11) is 1.73. The minimum Gasteiger partial charge on any atom is -0.470 e. The Morgan fingerprint density at radius 2 is 2.06 bits per heavy atom. The van der Waals surface area contributed by atoms with E-state index in [9.17, 15) is 9.90 Å². The van der Waals surface area contributed by atoms with Crippen molar-refractivity contribution < 1.29 is 19.4 Å². The number of likely N-dealkylation sites (tertiary alicyclic amines) is 1. The molecule has 0 bridgehead atoms. The van der Waals surface area contributed by atoms with Gasteiger partial charge in [0.25, 0.3) is 5.91 Å². The van der Waals surface area contributed by atoms with Crippen molar-refractivity contribution in [1.82, 2.24) is 4.90 Å². The predicted molar refractivity (Wildman–Crippen MR) is 133 cm³/mol. The average molecular weight is 489 g/mol. The summed E-state index contributed by atoms with van der Waals surface area (Å²) in [4.78, 5) is 19.9. The predicted octanol–water partition coefficient (Wildman–Crippen LogP) is 4.90. The lowest BCUT2D eigenvalue weighted by atomic mass is 10.0. The van der Waals surface area contributed by atoms with Crippen LogP contribution in [0.15, 0.2) is 40.7 Å². The van der Waals surface area contributed by atoms with Crippen molar-refractivity contribution in [2.45, 2.75) is 38.4 Å². The highest BCUT2D eigenvalue weighted by Crippen LogP contribution is 2.36. The van der Waals surface area contributed by atoms with E-state index in [2.05, 4.69) is 23.4 Å². The minimum absolute atomic E-state index is 0.0401. The molecule has 33 heavy (non-hydrogen) atoms. The van der Waals surface area contributed by atoms with Gasteiger partial charge in [0.15, 0.2) is 0 Å². The number of amides is 1. The number of carbonyl (C=O) groups excluding carboxylic acids is 1.